The molecular weight excluding hydrogens is 343 g/mol. The molecule has 0 radical (unpaired) electrons. The summed E-state index contributed by atoms with van der Waals surface area (Å²) in [5.74, 6) is 0.136. The first-order valence-electron chi connectivity index (χ1n) is 6.33. The van der Waals surface area contributed by atoms with Gasteiger partial charge in [-0.1, -0.05) is 23.2 Å². The second-order valence-corrected chi connectivity index (χ2v) is 6.18. The van der Waals surface area contributed by atoms with Crippen LogP contribution in [0.5, 0.6) is 5.75 Å². The third kappa shape index (κ3) is 3.50. The molecule has 0 aliphatic heterocycles. The van der Waals surface area contributed by atoms with Crippen LogP contribution in [0.15, 0.2) is 41.9 Å². The zero-order chi connectivity index (χ0) is 15.5. The molecular formula is C15H10Cl2N2O2S. The molecule has 1 heterocycles. The smallest absolute Gasteiger partial charge is 0.262 e. The molecule has 0 fully saturated rings. The fourth-order valence-corrected chi connectivity index (χ4v) is 2.99. The van der Waals surface area contributed by atoms with Crippen molar-refractivity contribution < 1.29 is 9.53 Å². The molecule has 0 aliphatic rings. The molecule has 4 nitrogen and oxygen atoms in total. The highest BCUT2D eigenvalue weighted by Gasteiger charge is 2.08. The summed E-state index contributed by atoms with van der Waals surface area (Å²) in [6.07, 6.45) is 0. The largest absolute Gasteiger partial charge is 0.482 e. The highest BCUT2D eigenvalue weighted by Crippen LogP contribution is 2.27. The summed E-state index contributed by atoms with van der Waals surface area (Å²) in [5, 5.41) is 3.63. The minimum Gasteiger partial charge on any atom is -0.482 e. The summed E-state index contributed by atoms with van der Waals surface area (Å²) >= 11 is 13.3. The third-order valence-corrected chi connectivity index (χ3v) is 4.21. The maximum Gasteiger partial charge on any atom is 0.262 e. The van der Waals surface area contributed by atoms with E-state index in [0.717, 1.165) is 10.2 Å². The Bertz CT molecular complexity index is 835. The van der Waals surface area contributed by atoms with Crippen LogP contribution < -0.4 is 10.1 Å². The van der Waals surface area contributed by atoms with E-state index in [0.29, 0.717) is 21.5 Å². The summed E-state index contributed by atoms with van der Waals surface area (Å²) in [6, 6.07) is 10.4. The topological polar surface area (TPSA) is 51.2 Å². The Morgan fingerprint density at radius 2 is 2.09 bits per heavy atom. The molecule has 0 bridgehead atoms. The molecule has 0 saturated carbocycles. The van der Waals surface area contributed by atoms with Crippen LogP contribution in [0.4, 0.5) is 5.69 Å². The molecule has 22 heavy (non-hydrogen) atoms. The Morgan fingerprint density at radius 3 is 2.91 bits per heavy atom. The zero-order valence-electron chi connectivity index (χ0n) is 11.2. The van der Waals surface area contributed by atoms with Gasteiger partial charge in [-0.3, -0.25) is 4.79 Å². The monoisotopic (exact) mass is 352 g/mol. The molecule has 0 aliphatic carbocycles. The predicted octanol–water partition coefficient (Wildman–Crippen LogP) is 4.62. The number of nitrogens with zero attached hydrogens (tertiary/aromatic N) is 1. The van der Waals surface area contributed by atoms with Crippen LogP contribution in [0.1, 0.15) is 0 Å². The number of hydrogen-bond donors (Lipinski definition) is 1. The lowest BCUT2D eigenvalue weighted by Crippen LogP contribution is -2.20. The van der Waals surface area contributed by atoms with E-state index < -0.39 is 0 Å². The van der Waals surface area contributed by atoms with Gasteiger partial charge in [0.1, 0.15) is 5.75 Å². The first-order valence-corrected chi connectivity index (χ1v) is 7.96. The number of amides is 1. The SMILES string of the molecule is O=C(COc1ccc(Cl)cc1Cl)Nc1ccc2scnc2c1. The van der Waals surface area contributed by atoms with Crippen molar-refractivity contribution in [2.75, 3.05) is 11.9 Å². The van der Waals surface area contributed by atoms with Crippen molar-refractivity contribution in [1.29, 1.82) is 0 Å². The molecule has 0 unspecified atom stereocenters. The third-order valence-electron chi connectivity index (χ3n) is 2.87. The van der Waals surface area contributed by atoms with E-state index in [9.17, 15) is 4.79 Å². The number of halogens is 2. The molecule has 112 valence electrons. The van der Waals surface area contributed by atoms with E-state index in [1.54, 1.807) is 35.0 Å². The first-order chi connectivity index (χ1) is 10.6. The second-order valence-electron chi connectivity index (χ2n) is 4.45. The number of rotatable bonds is 4. The van der Waals surface area contributed by atoms with Gasteiger partial charge in [0, 0.05) is 10.7 Å². The summed E-state index contributed by atoms with van der Waals surface area (Å²) in [6.45, 7) is -0.142. The Hall–Kier alpha value is -1.82. The van der Waals surface area contributed by atoms with Crippen molar-refractivity contribution in [1.82, 2.24) is 4.98 Å². The second kappa shape index (κ2) is 6.52. The van der Waals surface area contributed by atoms with Gasteiger partial charge >= 0.3 is 0 Å². The van der Waals surface area contributed by atoms with Gasteiger partial charge in [0.15, 0.2) is 6.61 Å². The fraction of sp³-hybridized carbons (Fsp3) is 0.0667. The number of ether oxygens (including phenoxy) is 1. The fourth-order valence-electron chi connectivity index (χ4n) is 1.87. The number of carbonyl (C=O) groups is 1. The van der Waals surface area contributed by atoms with E-state index >= 15 is 0 Å². The van der Waals surface area contributed by atoms with Crippen molar-refractivity contribution in [3.8, 4) is 5.75 Å². The number of aromatic nitrogens is 1. The lowest BCUT2D eigenvalue weighted by Gasteiger charge is -2.09. The first kappa shape index (κ1) is 15.1. The van der Waals surface area contributed by atoms with E-state index in [2.05, 4.69) is 10.3 Å². The van der Waals surface area contributed by atoms with E-state index in [4.69, 9.17) is 27.9 Å². The van der Waals surface area contributed by atoms with Crippen molar-refractivity contribution in [3.05, 3.63) is 52.0 Å². The van der Waals surface area contributed by atoms with E-state index in [1.165, 1.54) is 0 Å². The average molecular weight is 353 g/mol. The standard InChI is InChI=1S/C15H10Cl2N2O2S/c16-9-1-3-13(11(17)5-9)21-7-15(20)19-10-2-4-14-12(6-10)18-8-22-14/h1-6,8H,7H2,(H,19,20). The van der Waals surface area contributed by atoms with Crippen LogP contribution in [0.3, 0.4) is 0 Å². The van der Waals surface area contributed by atoms with Crippen molar-refractivity contribution >= 4 is 56.3 Å². The lowest BCUT2D eigenvalue weighted by atomic mass is 10.3. The number of carbonyl (C=O) groups excluding carboxylic acids is 1. The van der Waals surface area contributed by atoms with Gasteiger partial charge in [-0.25, -0.2) is 4.98 Å². The van der Waals surface area contributed by atoms with Gasteiger partial charge in [0.2, 0.25) is 0 Å². The van der Waals surface area contributed by atoms with Crippen LogP contribution in [-0.4, -0.2) is 17.5 Å². The molecule has 2 aromatic carbocycles. The predicted molar refractivity (Wildman–Crippen MR) is 90.2 cm³/mol. The number of hydrogen-bond acceptors (Lipinski definition) is 4. The summed E-state index contributed by atoms with van der Waals surface area (Å²) in [5.41, 5.74) is 3.29. The normalized spacial score (nSPS) is 10.6. The highest BCUT2D eigenvalue weighted by molar-refractivity contribution is 7.16. The van der Waals surface area contributed by atoms with E-state index in [-0.39, 0.29) is 12.5 Å². The maximum absolute atomic E-state index is 11.9. The van der Waals surface area contributed by atoms with Crippen LogP contribution in [0.2, 0.25) is 10.0 Å². The van der Waals surface area contributed by atoms with Crippen molar-refractivity contribution in [2.24, 2.45) is 0 Å². The number of fused-ring (bicyclic) bond motifs is 1. The van der Waals surface area contributed by atoms with E-state index in [1.807, 2.05) is 18.2 Å². The summed E-state index contributed by atoms with van der Waals surface area (Å²) < 4.78 is 6.45. The lowest BCUT2D eigenvalue weighted by molar-refractivity contribution is -0.118. The van der Waals surface area contributed by atoms with Crippen molar-refractivity contribution in [2.45, 2.75) is 0 Å². The molecule has 7 heteroatoms. The molecule has 3 rings (SSSR count). The molecule has 0 atom stereocenters. The Labute approximate surface area is 140 Å². The Balaban J connectivity index is 1.62. The Kier molecular flexibility index (Phi) is 4.47. The highest BCUT2D eigenvalue weighted by atomic mass is 35.5. The minimum atomic E-state index is -0.277. The van der Waals surface area contributed by atoms with Gasteiger partial charge in [-0.05, 0) is 36.4 Å². The quantitative estimate of drug-likeness (QED) is 0.745. The van der Waals surface area contributed by atoms with Gasteiger partial charge in [0.25, 0.3) is 5.91 Å². The Morgan fingerprint density at radius 1 is 1.23 bits per heavy atom. The number of nitrogens with one attached hydrogen (secondary N) is 1. The molecule has 3 aromatic rings. The van der Waals surface area contributed by atoms with Crippen LogP contribution in [0, 0.1) is 0 Å². The molecule has 1 N–H and O–H groups in total. The summed E-state index contributed by atoms with van der Waals surface area (Å²) in [7, 11) is 0. The molecule has 0 saturated heterocycles. The van der Waals surface area contributed by atoms with Gasteiger partial charge < -0.3 is 10.1 Å². The number of anilines is 1. The number of thiazole rings is 1. The number of benzene rings is 2. The van der Waals surface area contributed by atoms with Crippen LogP contribution >= 0.6 is 34.5 Å². The molecule has 1 amide bonds. The van der Waals surface area contributed by atoms with Crippen molar-refractivity contribution in [3.63, 3.8) is 0 Å². The maximum atomic E-state index is 11.9. The van der Waals surface area contributed by atoms with Crippen LogP contribution in [0.25, 0.3) is 10.2 Å². The van der Waals surface area contributed by atoms with Gasteiger partial charge in [-0.15, -0.1) is 11.3 Å². The van der Waals surface area contributed by atoms with Gasteiger partial charge in [-0.2, -0.15) is 0 Å². The van der Waals surface area contributed by atoms with Gasteiger partial charge in [0.05, 0.1) is 20.7 Å². The minimum absolute atomic E-state index is 0.142. The summed E-state index contributed by atoms with van der Waals surface area (Å²) in [4.78, 5) is 16.1. The van der Waals surface area contributed by atoms with Crippen LogP contribution in [-0.2, 0) is 4.79 Å². The molecule has 1 aromatic heterocycles. The molecule has 0 spiro atoms. The average Bonchev–Trinajstić information content (AvgIpc) is 2.94. The zero-order valence-corrected chi connectivity index (χ0v) is 13.5.